The van der Waals surface area contributed by atoms with Crippen LogP contribution >= 0.6 is 0 Å². The number of hydrogen-bond acceptors (Lipinski definition) is 4. The summed E-state index contributed by atoms with van der Waals surface area (Å²) in [5.74, 6) is 0.243. The highest BCUT2D eigenvalue weighted by Gasteiger charge is 2.39. The molecule has 7 heteroatoms. The first-order chi connectivity index (χ1) is 14.5. The quantitative estimate of drug-likeness (QED) is 0.795. The van der Waals surface area contributed by atoms with Crippen LogP contribution in [0.2, 0.25) is 0 Å². The maximum Gasteiger partial charge on any atom is 0.251 e. The molecule has 1 aromatic rings. The molecule has 30 heavy (non-hydrogen) atoms. The van der Waals surface area contributed by atoms with Gasteiger partial charge in [-0.05, 0) is 50.7 Å². The van der Waals surface area contributed by atoms with Crippen molar-refractivity contribution in [2.24, 2.45) is 11.8 Å². The average molecular weight is 414 g/mol. The second-order valence-corrected chi connectivity index (χ2v) is 8.70. The number of hydrogen-bond donors (Lipinski definition) is 1. The average Bonchev–Trinajstić information content (AvgIpc) is 3.63. The first kappa shape index (κ1) is 20.8. The van der Waals surface area contributed by atoms with Gasteiger partial charge in [0.05, 0.1) is 13.2 Å². The number of nitrogens with zero attached hydrogens (tertiary/aromatic N) is 2. The first-order valence-corrected chi connectivity index (χ1v) is 11.1. The van der Waals surface area contributed by atoms with Crippen molar-refractivity contribution in [3.8, 4) is 0 Å². The van der Waals surface area contributed by atoms with E-state index in [2.05, 4.69) is 5.32 Å². The van der Waals surface area contributed by atoms with Crippen LogP contribution in [0.5, 0.6) is 0 Å². The molecular weight excluding hydrogens is 382 g/mol. The smallest absolute Gasteiger partial charge is 0.251 e. The summed E-state index contributed by atoms with van der Waals surface area (Å²) in [5.41, 5.74) is 1.57. The van der Waals surface area contributed by atoms with E-state index in [1.54, 1.807) is 11.0 Å². The molecule has 2 saturated heterocycles. The number of carbonyl (C=O) groups excluding carboxylic acids is 3. The number of ether oxygens (including phenoxy) is 1. The molecule has 0 radical (unpaired) electrons. The number of likely N-dealkylation sites (tertiary alicyclic amines) is 1. The van der Waals surface area contributed by atoms with Gasteiger partial charge in [-0.25, -0.2) is 0 Å². The van der Waals surface area contributed by atoms with Crippen molar-refractivity contribution in [2.75, 3.05) is 39.4 Å². The molecule has 1 aliphatic carbocycles. The van der Waals surface area contributed by atoms with Crippen molar-refractivity contribution in [2.45, 2.75) is 38.6 Å². The number of amides is 3. The fraction of sp³-hybridized carbons (Fsp3) is 0.609. The summed E-state index contributed by atoms with van der Waals surface area (Å²) in [6, 6.07) is 6.83. The van der Waals surface area contributed by atoms with Gasteiger partial charge in [0.15, 0.2) is 0 Å². The minimum atomic E-state index is -0.575. The van der Waals surface area contributed by atoms with Crippen LogP contribution in [0, 0.1) is 18.8 Å². The Hall–Kier alpha value is -2.41. The van der Waals surface area contributed by atoms with Gasteiger partial charge in [0.2, 0.25) is 11.8 Å². The third-order valence-corrected chi connectivity index (χ3v) is 6.40. The number of morpholine rings is 1. The van der Waals surface area contributed by atoms with Crippen LogP contribution in [-0.2, 0) is 14.3 Å². The van der Waals surface area contributed by atoms with Crippen molar-refractivity contribution < 1.29 is 19.1 Å². The molecule has 1 saturated carbocycles. The second kappa shape index (κ2) is 9.16. The van der Waals surface area contributed by atoms with Crippen LogP contribution in [0.3, 0.4) is 0 Å². The normalized spacial score (nSPS) is 21.2. The Kier molecular flexibility index (Phi) is 6.37. The van der Waals surface area contributed by atoms with Crippen molar-refractivity contribution in [1.82, 2.24) is 15.1 Å². The zero-order valence-corrected chi connectivity index (χ0v) is 17.6. The topological polar surface area (TPSA) is 79.0 Å². The Morgan fingerprint density at radius 3 is 2.33 bits per heavy atom. The minimum absolute atomic E-state index is 0.0253. The first-order valence-electron chi connectivity index (χ1n) is 11.1. The van der Waals surface area contributed by atoms with Crippen molar-refractivity contribution in [3.05, 3.63) is 35.4 Å². The molecule has 0 aromatic heterocycles. The van der Waals surface area contributed by atoms with E-state index in [-0.39, 0.29) is 29.6 Å². The molecule has 4 rings (SSSR count). The maximum absolute atomic E-state index is 13.3. The highest BCUT2D eigenvalue weighted by molar-refractivity contribution is 5.97. The molecule has 7 nitrogen and oxygen atoms in total. The third kappa shape index (κ3) is 4.83. The van der Waals surface area contributed by atoms with Crippen LogP contribution in [0.25, 0.3) is 0 Å². The summed E-state index contributed by atoms with van der Waals surface area (Å²) in [5, 5.41) is 3.03. The number of piperidine rings is 1. The van der Waals surface area contributed by atoms with E-state index in [0.29, 0.717) is 45.0 Å². The number of aryl methyl sites for hydroxylation is 1. The van der Waals surface area contributed by atoms with E-state index in [9.17, 15) is 14.4 Å². The lowest BCUT2D eigenvalue weighted by Crippen LogP contribution is -2.56. The molecule has 1 aromatic carbocycles. The zero-order valence-electron chi connectivity index (χ0n) is 17.6. The Labute approximate surface area is 177 Å². The Bertz CT molecular complexity index is 793. The lowest BCUT2D eigenvalue weighted by atomic mass is 9.87. The Morgan fingerprint density at radius 2 is 1.70 bits per heavy atom. The van der Waals surface area contributed by atoms with Gasteiger partial charge in [-0.1, -0.05) is 17.7 Å². The third-order valence-electron chi connectivity index (χ3n) is 6.40. The number of benzene rings is 1. The predicted molar refractivity (Wildman–Crippen MR) is 112 cm³/mol. The van der Waals surface area contributed by atoms with Crippen LogP contribution in [-0.4, -0.2) is 73.0 Å². The highest BCUT2D eigenvalue weighted by atomic mass is 16.5. The summed E-state index contributed by atoms with van der Waals surface area (Å²) in [6.45, 7) is 5.42. The SMILES string of the molecule is Cc1cccc(C(=O)N[C@H](C(=O)N2CCOCC2)C2CCN(C(=O)C3CC3)CC2)c1. The molecule has 162 valence electrons. The molecule has 0 spiro atoms. The Morgan fingerprint density at radius 1 is 1.00 bits per heavy atom. The van der Waals surface area contributed by atoms with Crippen LogP contribution in [0.15, 0.2) is 24.3 Å². The van der Waals surface area contributed by atoms with Gasteiger partial charge >= 0.3 is 0 Å². The van der Waals surface area contributed by atoms with E-state index in [0.717, 1.165) is 31.2 Å². The van der Waals surface area contributed by atoms with E-state index < -0.39 is 6.04 Å². The number of nitrogens with one attached hydrogen (secondary N) is 1. The second-order valence-electron chi connectivity index (χ2n) is 8.70. The van der Waals surface area contributed by atoms with Gasteiger partial charge in [0.1, 0.15) is 6.04 Å². The number of carbonyl (C=O) groups is 3. The molecule has 2 aliphatic heterocycles. The lowest BCUT2D eigenvalue weighted by Gasteiger charge is -2.38. The molecule has 3 amide bonds. The van der Waals surface area contributed by atoms with E-state index in [4.69, 9.17) is 4.74 Å². The standard InChI is InChI=1S/C23H31N3O4/c1-16-3-2-4-19(15-16)21(27)24-20(23(29)26-11-13-30-14-12-26)17-7-9-25(10-8-17)22(28)18-5-6-18/h2-4,15,17-18,20H,5-14H2,1H3,(H,24,27)/t20-/m0/s1. The van der Waals surface area contributed by atoms with Crippen molar-refractivity contribution in [3.63, 3.8) is 0 Å². The minimum Gasteiger partial charge on any atom is -0.378 e. The van der Waals surface area contributed by atoms with Gasteiger partial charge < -0.3 is 19.9 Å². The monoisotopic (exact) mass is 413 g/mol. The number of rotatable bonds is 5. The van der Waals surface area contributed by atoms with E-state index >= 15 is 0 Å². The van der Waals surface area contributed by atoms with Crippen molar-refractivity contribution >= 4 is 17.7 Å². The summed E-state index contributed by atoms with van der Waals surface area (Å²) >= 11 is 0. The van der Waals surface area contributed by atoms with E-state index in [1.165, 1.54) is 0 Å². The van der Waals surface area contributed by atoms with Gasteiger partial charge in [-0.15, -0.1) is 0 Å². The summed E-state index contributed by atoms with van der Waals surface area (Å²) in [6.07, 6.45) is 3.47. The zero-order chi connectivity index (χ0) is 21.1. The molecular formula is C23H31N3O4. The fourth-order valence-electron chi connectivity index (χ4n) is 4.41. The summed E-state index contributed by atoms with van der Waals surface area (Å²) in [4.78, 5) is 42.4. The molecule has 3 aliphatic rings. The summed E-state index contributed by atoms with van der Waals surface area (Å²) < 4.78 is 5.38. The highest BCUT2D eigenvalue weighted by Crippen LogP contribution is 2.33. The van der Waals surface area contributed by atoms with E-state index in [1.807, 2.05) is 30.0 Å². The summed E-state index contributed by atoms with van der Waals surface area (Å²) in [7, 11) is 0. The largest absolute Gasteiger partial charge is 0.378 e. The molecule has 1 atom stereocenters. The molecule has 0 bridgehead atoms. The molecule has 3 fully saturated rings. The fourth-order valence-corrected chi connectivity index (χ4v) is 4.41. The predicted octanol–water partition coefficient (Wildman–Crippen LogP) is 1.60. The Balaban J connectivity index is 1.46. The molecule has 0 unspecified atom stereocenters. The molecule has 2 heterocycles. The lowest BCUT2D eigenvalue weighted by molar-refractivity contribution is -0.140. The molecule has 1 N–H and O–H groups in total. The maximum atomic E-state index is 13.3. The van der Waals surface area contributed by atoms with Gasteiger partial charge in [-0.3, -0.25) is 14.4 Å². The van der Waals surface area contributed by atoms with Crippen molar-refractivity contribution in [1.29, 1.82) is 0 Å². The van der Waals surface area contributed by atoms with Gasteiger partial charge in [0, 0.05) is 37.7 Å². The van der Waals surface area contributed by atoms with Gasteiger partial charge in [0.25, 0.3) is 5.91 Å². The van der Waals surface area contributed by atoms with Crippen LogP contribution < -0.4 is 5.32 Å². The van der Waals surface area contributed by atoms with Crippen LogP contribution in [0.4, 0.5) is 0 Å². The van der Waals surface area contributed by atoms with Gasteiger partial charge in [-0.2, -0.15) is 0 Å². The van der Waals surface area contributed by atoms with Crippen LogP contribution in [0.1, 0.15) is 41.6 Å².